The van der Waals surface area contributed by atoms with Crippen LogP contribution in [0.5, 0.6) is 0 Å². The highest BCUT2D eigenvalue weighted by Gasteiger charge is 2.03. The Morgan fingerprint density at radius 1 is 1.04 bits per heavy atom. The van der Waals surface area contributed by atoms with Gasteiger partial charge in [0.1, 0.15) is 0 Å². The normalized spacial score (nSPS) is 9.58. The van der Waals surface area contributed by atoms with Gasteiger partial charge in [-0.2, -0.15) is 0 Å². The number of nitrogens with two attached hydrogens (primary N) is 1. The Hall–Kier alpha value is -2.68. The highest BCUT2D eigenvalue weighted by atomic mass is 35.5. The van der Waals surface area contributed by atoms with E-state index < -0.39 is 11.9 Å². The zero-order chi connectivity index (χ0) is 17.5. The molecule has 0 fully saturated rings. The number of primary amides is 1. The number of carbonyl (C=O) groups is 2. The Balaban J connectivity index is 1.84. The van der Waals surface area contributed by atoms with Crippen molar-refractivity contribution in [3.05, 3.63) is 63.6 Å². The van der Waals surface area contributed by atoms with Crippen LogP contribution in [-0.4, -0.2) is 18.5 Å². The van der Waals surface area contributed by atoms with E-state index in [1.165, 1.54) is 0 Å². The first-order valence-electron chi connectivity index (χ1n) is 6.84. The molecule has 0 aliphatic heterocycles. The Bertz CT molecular complexity index is 824. The molecular weight excluding hydrogens is 349 g/mol. The molecule has 2 aromatic carbocycles. The standard InChI is InChI=1S/C17H13Cl2N3O2/c18-14-8-7-13(10-15(14)19)22-17(24)21-9-1-2-11-3-5-12(6-4-11)16(20)23/h3-8,10H,9H2,(H2,20,23)(H2,21,22,24). The maximum Gasteiger partial charge on any atom is 0.319 e. The second kappa shape index (κ2) is 8.25. The first-order valence-corrected chi connectivity index (χ1v) is 7.60. The molecule has 3 amide bonds. The van der Waals surface area contributed by atoms with Crippen molar-refractivity contribution in [1.29, 1.82) is 0 Å². The highest BCUT2D eigenvalue weighted by molar-refractivity contribution is 6.42. The molecule has 0 radical (unpaired) electrons. The van der Waals surface area contributed by atoms with Crippen LogP contribution in [-0.2, 0) is 0 Å². The lowest BCUT2D eigenvalue weighted by Crippen LogP contribution is -2.28. The van der Waals surface area contributed by atoms with Crippen molar-refractivity contribution in [1.82, 2.24) is 5.32 Å². The van der Waals surface area contributed by atoms with Gasteiger partial charge in [0.05, 0.1) is 16.6 Å². The van der Waals surface area contributed by atoms with Crippen LogP contribution in [0.3, 0.4) is 0 Å². The molecule has 0 aliphatic rings. The molecule has 24 heavy (non-hydrogen) atoms. The zero-order valence-electron chi connectivity index (χ0n) is 12.4. The summed E-state index contributed by atoms with van der Waals surface area (Å²) >= 11 is 11.7. The minimum atomic E-state index is -0.491. The molecule has 4 N–H and O–H groups in total. The lowest BCUT2D eigenvalue weighted by Gasteiger charge is -2.06. The lowest BCUT2D eigenvalue weighted by atomic mass is 10.1. The van der Waals surface area contributed by atoms with Crippen molar-refractivity contribution in [3.63, 3.8) is 0 Å². The number of carbonyl (C=O) groups excluding carboxylic acids is 2. The molecule has 0 atom stereocenters. The summed E-state index contributed by atoms with van der Waals surface area (Å²) in [7, 11) is 0. The summed E-state index contributed by atoms with van der Waals surface area (Å²) in [5, 5.41) is 5.98. The van der Waals surface area contributed by atoms with Gasteiger partial charge in [0.15, 0.2) is 0 Å². The van der Waals surface area contributed by atoms with Crippen LogP contribution in [0.15, 0.2) is 42.5 Å². The van der Waals surface area contributed by atoms with Gasteiger partial charge < -0.3 is 16.4 Å². The van der Waals surface area contributed by atoms with Crippen LogP contribution in [0.2, 0.25) is 10.0 Å². The topological polar surface area (TPSA) is 84.2 Å². The number of benzene rings is 2. The fraction of sp³-hybridized carbons (Fsp3) is 0.0588. The van der Waals surface area contributed by atoms with Crippen LogP contribution in [0.4, 0.5) is 10.5 Å². The third kappa shape index (κ3) is 5.20. The van der Waals surface area contributed by atoms with Gasteiger partial charge in [0.2, 0.25) is 5.91 Å². The SMILES string of the molecule is NC(=O)c1ccc(C#CCNC(=O)Nc2ccc(Cl)c(Cl)c2)cc1. The number of halogens is 2. The van der Waals surface area contributed by atoms with Crippen molar-refractivity contribution < 1.29 is 9.59 Å². The van der Waals surface area contributed by atoms with Crippen molar-refractivity contribution >= 4 is 40.8 Å². The van der Waals surface area contributed by atoms with E-state index >= 15 is 0 Å². The smallest absolute Gasteiger partial charge is 0.319 e. The van der Waals surface area contributed by atoms with Crippen molar-refractivity contribution in [3.8, 4) is 11.8 Å². The quantitative estimate of drug-likeness (QED) is 0.733. The van der Waals surface area contributed by atoms with Gasteiger partial charge in [0.25, 0.3) is 0 Å². The number of hydrogen-bond donors (Lipinski definition) is 3. The van der Waals surface area contributed by atoms with Gasteiger partial charge in [-0.15, -0.1) is 0 Å². The van der Waals surface area contributed by atoms with Gasteiger partial charge in [0, 0.05) is 16.8 Å². The Labute approximate surface area is 149 Å². The van der Waals surface area contributed by atoms with E-state index in [1.54, 1.807) is 42.5 Å². The van der Waals surface area contributed by atoms with Crippen LogP contribution in [0, 0.1) is 11.8 Å². The summed E-state index contributed by atoms with van der Waals surface area (Å²) in [4.78, 5) is 22.7. The van der Waals surface area contributed by atoms with E-state index in [9.17, 15) is 9.59 Å². The van der Waals surface area contributed by atoms with Gasteiger partial charge in [-0.25, -0.2) is 4.79 Å². The Morgan fingerprint density at radius 2 is 1.75 bits per heavy atom. The molecule has 0 aromatic heterocycles. The van der Waals surface area contributed by atoms with E-state index in [0.717, 1.165) is 0 Å². The first-order chi connectivity index (χ1) is 11.5. The third-order valence-corrected chi connectivity index (χ3v) is 3.66. The number of rotatable bonds is 3. The second-order valence-electron chi connectivity index (χ2n) is 4.68. The van der Waals surface area contributed by atoms with E-state index in [1.807, 2.05) is 0 Å². The third-order valence-electron chi connectivity index (χ3n) is 2.92. The monoisotopic (exact) mass is 361 g/mol. The lowest BCUT2D eigenvalue weighted by molar-refractivity contribution is 0.100. The van der Waals surface area contributed by atoms with E-state index in [4.69, 9.17) is 28.9 Å². The summed E-state index contributed by atoms with van der Waals surface area (Å²) in [6.07, 6.45) is 0. The van der Waals surface area contributed by atoms with Crippen LogP contribution in [0.25, 0.3) is 0 Å². The molecule has 2 rings (SSSR count). The Morgan fingerprint density at radius 3 is 2.38 bits per heavy atom. The molecule has 0 saturated heterocycles. The average molecular weight is 362 g/mol. The summed E-state index contributed by atoms with van der Waals surface area (Å²) in [6.45, 7) is 0.157. The highest BCUT2D eigenvalue weighted by Crippen LogP contribution is 2.24. The summed E-state index contributed by atoms with van der Waals surface area (Å²) < 4.78 is 0. The average Bonchev–Trinajstić information content (AvgIpc) is 2.55. The first kappa shape index (κ1) is 17.7. The molecule has 0 saturated carbocycles. The summed E-state index contributed by atoms with van der Waals surface area (Å²) in [6, 6.07) is 10.9. The molecule has 0 spiro atoms. The van der Waals surface area contributed by atoms with E-state index in [0.29, 0.717) is 26.9 Å². The molecule has 2 aromatic rings. The van der Waals surface area contributed by atoms with E-state index in [2.05, 4.69) is 22.5 Å². The number of urea groups is 1. The minimum Gasteiger partial charge on any atom is -0.366 e. The van der Waals surface area contributed by atoms with Crippen LogP contribution >= 0.6 is 23.2 Å². The molecule has 5 nitrogen and oxygen atoms in total. The second-order valence-corrected chi connectivity index (χ2v) is 5.49. The molecule has 0 bridgehead atoms. The molecule has 0 aliphatic carbocycles. The van der Waals surface area contributed by atoms with Crippen molar-refractivity contribution in [2.45, 2.75) is 0 Å². The fourth-order valence-corrected chi connectivity index (χ4v) is 2.04. The maximum atomic E-state index is 11.7. The maximum absolute atomic E-state index is 11.7. The van der Waals surface area contributed by atoms with Crippen molar-refractivity contribution in [2.75, 3.05) is 11.9 Å². The molecule has 0 unspecified atom stereocenters. The minimum absolute atomic E-state index is 0.157. The van der Waals surface area contributed by atoms with Gasteiger partial charge >= 0.3 is 6.03 Å². The largest absolute Gasteiger partial charge is 0.366 e. The fourth-order valence-electron chi connectivity index (χ4n) is 1.74. The molecule has 7 heteroatoms. The van der Waals surface area contributed by atoms with Crippen LogP contribution < -0.4 is 16.4 Å². The molecular formula is C17H13Cl2N3O2. The zero-order valence-corrected chi connectivity index (χ0v) is 13.9. The van der Waals surface area contributed by atoms with E-state index in [-0.39, 0.29) is 6.54 Å². The number of nitrogens with one attached hydrogen (secondary N) is 2. The number of amides is 3. The van der Waals surface area contributed by atoms with Gasteiger partial charge in [-0.05, 0) is 42.5 Å². The number of hydrogen-bond acceptors (Lipinski definition) is 2. The van der Waals surface area contributed by atoms with Crippen molar-refractivity contribution in [2.24, 2.45) is 5.73 Å². The predicted octanol–water partition coefficient (Wildman–Crippen LogP) is 3.27. The molecule has 0 heterocycles. The summed E-state index contributed by atoms with van der Waals surface area (Å²) in [5.74, 6) is 5.18. The predicted molar refractivity (Wildman–Crippen MR) is 95.3 cm³/mol. The Kier molecular flexibility index (Phi) is 6.07. The van der Waals surface area contributed by atoms with Gasteiger partial charge in [-0.1, -0.05) is 35.0 Å². The molecule has 122 valence electrons. The van der Waals surface area contributed by atoms with Gasteiger partial charge in [-0.3, -0.25) is 4.79 Å². The summed E-state index contributed by atoms with van der Waals surface area (Å²) in [5.41, 5.74) is 6.81. The number of anilines is 1. The van der Waals surface area contributed by atoms with Crippen LogP contribution in [0.1, 0.15) is 15.9 Å².